The summed E-state index contributed by atoms with van der Waals surface area (Å²) in [6, 6.07) is 13.7. The minimum atomic E-state index is -1.77. The van der Waals surface area contributed by atoms with E-state index in [2.05, 4.69) is 0 Å². The van der Waals surface area contributed by atoms with Gasteiger partial charge in [-0.1, -0.05) is 36.4 Å². The number of carbonyl (C=O) groups excluding carboxylic acids is 4. The molecular formula is C22H18N2O6. The van der Waals surface area contributed by atoms with Gasteiger partial charge >= 0.3 is 5.97 Å². The molecule has 3 aliphatic heterocycles. The Morgan fingerprint density at radius 1 is 0.900 bits per heavy atom. The lowest BCUT2D eigenvalue weighted by atomic mass is 9.69. The molecule has 3 atom stereocenters. The molecule has 30 heavy (non-hydrogen) atoms. The molecule has 0 aliphatic carbocycles. The van der Waals surface area contributed by atoms with E-state index in [1.165, 1.54) is 25.7 Å². The summed E-state index contributed by atoms with van der Waals surface area (Å²) in [5.74, 6) is -2.08. The van der Waals surface area contributed by atoms with E-state index in [9.17, 15) is 19.2 Å². The SMILES string of the molecule is CC(=O)O[C@]12c3ccccc3N(C(C)=O)[C@H]1O[C@@]21C(=O)N(C(C)=O)c2ccccc21. The van der Waals surface area contributed by atoms with Crippen LogP contribution in [0.15, 0.2) is 48.5 Å². The van der Waals surface area contributed by atoms with E-state index in [1.807, 2.05) is 0 Å². The highest BCUT2D eigenvalue weighted by molar-refractivity contribution is 6.23. The molecule has 0 N–H and O–H groups in total. The van der Waals surface area contributed by atoms with Crippen LogP contribution in [0.4, 0.5) is 11.4 Å². The Hall–Kier alpha value is -3.52. The molecule has 1 saturated heterocycles. The van der Waals surface area contributed by atoms with E-state index >= 15 is 0 Å². The van der Waals surface area contributed by atoms with Crippen molar-refractivity contribution < 1.29 is 28.7 Å². The minimum Gasteiger partial charge on any atom is -0.445 e. The molecule has 0 radical (unpaired) electrons. The number of imide groups is 1. The summed E-state index contributed by atoms with van der Waals surface area (Å²) >= 11 is 0. The fraction of sp³-hybridized carbons (Fsp3) is 0.273. The Morgan fingerprint density at radius 2 is 1.50 bits per heavy atom. The first kappa shape index (κ1) is 18.5. The van der Waals surface area contributed by atoms with Gasteiger partial charge in [-0.3, -0.25) is 24.1 Å². The van der Waals surface area contributed by atoms with Gasteiger partial charge in [0.15, 0.2) is 6.23 Å². The summed E-state index contributed by atoms with van der Waals surface area (Å²) in [6.07, 6.45) is -1.03. The fourth-order valence-corrected chi connectivity index (χ4v) is 5.01. The lowest BCUT2D eigenvalue weighted by Gasteiger charge is -2.57. The predicted octanol–water partition coefficient (Wildman–Crippen LogP) is 1.96. The maximum absolute atomic E-state index is 13.7. The number of para-hydroxylation sites is 2. The summed E-state index contributed by atoms with van der Waals surface area (Å²) < 4.78 is 12.1. The van der Waals surface area contributed by atoms with Crippen LogP contribution in [0.3, 0.4) is 0 Å². The second kappa shape index (κ2) is 5.76. The van der Waals surface area contributed by atoms with Crippen LogP contribution in [-0.4, -0.2) is 29.9 Å². The molecule has 3 aliphatic rings. The minimum absolute atomic E-state index is 0.321. The van der Waals surface area contributed by atoms with Crippen molar-refractivity contribution in [2.45, 2.75) is 38.2 Å². The molecule has 1 spiro atoms. The lowest BCUT2D eigenvalue weighted by Crippen LogP contribution is -2.76. The molecule has 0 aromatic heterocycles. The van der Waals surface area contributed by atoms with Gasteiger partial charge in [0, 0.05) is 31.9 Å². The lowest BCUT2D eigenvalue weighted by molar-refractivity contribution is -0.342. The second-order valence-corrected chi connectivity index (χ2v) is 7.56. The average Bonchev–Trinajstić information content (AvgIpc) is 3.07. The molecule has 0 bridgehead atoms. The van der Waals surface area contributed by atoms with E-state index in [4.69, 9.17) is 9.47 Å². The monoisotopic (exact) mass is 406 g/mol. The highest BCUT2D eigenvalue weighted by Gasteiger charge is 2.84. The summed E-state index contributed by atoms with van der Waals surface area (Å²) in [5, 5.41) is 0. The third kappa shape index (κ3) is 1.85. The molecule has 8 nitrogen and oxygen atoms in total. The van der Waals surface area contributed by atoms with E-state index in [1.54, 1.807) is 48.5 Å². The van der Waals surface area contributed by atoms with Gasteiger partial charge < -0.3 is 9.47 Å². The van der Waals surface area contributed by atoms with Gasteiger partial charge in [-0.05, 0) is 12.1 Å². The Balaban J connectivity index is 1.84. The van der Waals surface area contributed by atoms with Crippen molar-refractivity contribution in [1.82, 2.24) is 0 Å². The van der Waals surface area contributed by atoms with Crippen molar-refractivity contribution in [3.8, 4) is 0 Å². The van der Waals surface area contributed by atoms with Gasteiger partial charge in [-0.15, -0.1) is 0 Å². The van der Waals surface area contributed by atoms with Crippen molar-refractivity contribution >= 4 is 35.1 Å². The quantitative estimate of drug-likeness (QED) is 0.672. The van der Waals surface area contributed by atoms with Crippen LogP contribution in [0.25, 0.3) is 0 Å². The number of anilines is 2. The number of benzene rings is 2. The standard InChI is InChI=1S/C22H18N2O6/c1-12(25)23-17-10-6-4-8-15(17)21(19(23)28)22(29-14(3)27)16-9-5-7-11-18(16)24(13(2)26)20(22)30-21/h4-11,20H,1-3H3/t20-,21-,22+/m0/s1. The maximum atomic E-state index is 13.7. The van der Waals surface area contributed by atoms with Crippen LogP contribution in [0, 0.1) is 0 Å². The first-order chi connectivity index (χ1) is 14.3. The summed E-state index contributed by atoms with van der Waals surface area (Å²) in [6.45, 7) is 3.90. The zero-order chi connectivity index (χ0) is 21.4. The molecule has 3 heterocycles. The molecule has 0 saturated carbocycles. The van der Waals surface area contributed by atoms with Crippen LogP contribution in [0.5, 0.6) is 0 Å². The number of fused-ring (bicyclic) bond motifs is 6. The number of esters is 1. The highest BCUT2D eigenvalue weighted by atomic mass is 16.7. The van der Waals surface area contributed by atoms with Crippen molar-refractivity contribution in [3.63, 3.8) is 0 Å². The highest BCUT2D eigenvalue weighted by Crippen LogP contribution is 2.68. The van der Waals surface area contributed by atoms with Crippen LogP contribution in [0.2, 0.25) is 0 Å². The molecule has 3 amide bonds. The van der Waals surface area contributed by atoms with Gasteiger partial charge in [0.25, 0.3) is 5.91 Å². The molecule has 1 fully saturated rings. The van der Waals surface area contributed by atoms with Crippen LogP contribution >= 0.6 is 0 Å². The molecule has 2 aromatic carbocycles. The first-order valence-corrected chi connectivity index (χ1v) is 9.48. The molecule has 5 rings (SSSR count). The van der Waals surface area contributed by atoms with E-state index < -0.39 is 35.2 Å². The van der Waals surface area contributed by atoms with Gasteiger partial charge in [-0.25, -0.2) is 4.90 Å². The topological polar surface area (TPSA) is 93.2 Å². The zero-order valence-corrected chi connectivity index (χ0v) is 16.5. The Kier molecular flexibility index (Phi) is 3.55. The number of hydrogen-bond donors (Lipinski definition) is 0. The van der Waals surface area contributed by atoms with Gasteiger partial charge in [0.1, 0.15) is 0 Å². The van der Waals surface area contributed by atoms with Crippen molar-refractivity contribution in [2.24, 2.45) is 0 Å². The van der Waals surface area contributed by atoms with Gasteiger partial charge in [-0.2, -0.15) is 0 Å². The molecule has 8 heteroatoms. The van der Waals surface area contributed by atoms with Crippen molar-refractivity contribution in [2.75, 3.05) is 9.80 Å². The number of rotatable bonds is 1. The maximum Gasteiger partial charge on any atom is 0.303 e. The van der Waals surface area contributed by atoms with Crippen LogP contribution in [-0.2, 0) is 39.9 Å². The molecule has 152 valence electrons. The summed E-state index contributed by atoms with van der Waals surface area (Å²) in [7, 11) is 0. The number of nitrogens with zero attached hydrogens (tertiary/aromatic N) is 2. The molecular weight excluding hydrogens is 388 g/mol. The predicted molar refractivity (Wildman–Crippen MR) is 104 cm³/mol. The summed E-state index contributed by atoms with van der Waals surface area (Å²) in [5.41, 5.74) is -1.61. The third-order valence-electron chi connectivity index (χ3n) is 5.94. The van der Waals surface area contributed by atoms with E-state index in [0.29, 0.717) is 22.5 Å². The molecule has 2 aromatic rings. The number of ether oxygens (including phenoxy) is 2. The van der Waals surface area contributed by atoms with Gasteiger partial charge in [0.05, 0.1) is 11.4 Å². The zero-order valence-electron chi connectivity index (χ0n) is 16.5. The smallest absolute Gasteiger partial charge is 0.303 e. The summed E-state index contributed by atoms with van der Waals surface area (Å²) in [4.78, 5) is 53.2. The number of hydrogen-bond acceptors (Lipinski definition) is 6. The Labute approximate surface area is 172 Å². The van der Waals surface area contributed by atoms with Gasteiger partial charge in [0.2, 0.25) is 23.0 Å². The van der Waals surface area contributed by atoms with E-state index in [0.717, 1.165) is 4.90 Å². The average molecular weight is 406 g/mol. The Morgan fingerprint density at radius 3 is 2.10 bits per heavy atom. The Bertz CT molecular complexity index is 1160. The number of amides is 3. The van der Waals surface area contributed by atoms with Crippen LogP contribution < -0.4 is 9.80 Å². The van der Waals surface area contributed by atoms with Crippen molar-refractivity contribution in [3.05, 3.63) is 59.7 Å². The third-order valence-corrected chi connectivity index (χ3v) is 5.94. The van der Waals surface area contributed by atoms with Crippen LogP contribution in [0.1, 0.15) is 31.9 Å². The van der Waals surface area contributed by atoms with E-state index in [-0.39, 0.29) is 5.91 Å². The normalized spacial score (nSPS) is 28.0. The number of carbonyl (C=O) groups is 4. The second-order valence-electron chi connectivity index (χ2n) is 7.56. The van der Waals surface area contributed by atoms with Crippen molar-refractivity contribution in [1.29, 1.82) is 0 Å². The molecule has 0 unspecified atom stereocenters. The first-order valence-electron chi connectivity index (χ1n) is 9.48. The fourth-order valence-electron chi connectivity index (χ4n) is 5.01. The largest absolute Gasteiger partial charge is 0.445 e.